The van der Waals surface area contributed by atoms with Crippen molar-refractivity contribution >= 4 is 11.8 Å². The van der Waals surface area contributed by atoms with Crippen molar-refractivity contribution in [1.82, 2.24) is 10.2 Å². The van der Waals surface area contributed by atoms with E-state index in [9.17, 15) is 9.59 Å². The topological polar surface area (TPSA) is 58.6 Å². The number of methoxy groups -OCH3 is 1. The van der Waals surface area contributed by atoms with Gasteiger partial charge in [0, 0.05) is 26.4 Å². The van der Waals surface area contributed by atoms with Crippen molar-refractivity contribution in [3.8, 4) is 5.75 Å². The van der Waals surface area contributed by atoms with Gasteiger partial charge in [-0.25, -0.2) is 0 Å². The van der Waals surface area contributed by atoms with Gasteiger partial charge in [0.2, 0.25) is 11.8 Å². The molecule has 0 bridgehead atoms. The minimum Gasteiger partial charge on any atom is -0.497 e. The first kappa shape index (κ1) is 20.5. The number of benzene rings is 2. The number of rotatable bonds is 9. The van der Waals surface area contributed by atoms with E-state index in [2.05, 4.69) is 5.32 Å². The minimum atomic E-state index is -0.557. The third-order valence-electron chi connectivity index (χ3n) is 4.42. The molecule has 5 heteroatoms. The Morgan fingerprint density at radius 1 is 1.04 bits per heavy atom. The summed E-state index contributed by atoms with van der Waals surface area (Å²) in [6.07, 6.45) is 1.33. The molecule has 144 valence electrons. The van der Waals surface area contributed by atoms with Crippen molar-refractivity contribution in [2.24, 2.45) is 0 Å². The summed E-state index contributed by atoms with van der Waals surface area (Å²) in [6.45, 7) is 4.48. The number of hydrogen-bond donors (Lipinski definition) is 1. The molecule has 2 amide bonds. The van der Waals surface area contributed by atoms with Crippen molar-refractivity contribution in [2.75, 3.05) is 13.7 Å². The summed E-state index contributed by atoms with van der Waals surface area (Å²) in [5.41, 5.74) is 1.97. The summed E-state index contributed by atoms with van der Waals surface area (Å²) in [4.78, 5) is 26.9. The van der Waals surface area contributed by atoms with Gasteiger partial charge in [0.15, 0.2) is 0 Å². The Hall–Kier alpha value is -2.82. The molecule has 2 aromatic carbocycles. The van der Waals surface area contributed by atoms with E-state index < -0.39 is 6.04 Å². The largest absolute Gasteiger partial charge is 0.497 e. The zero-order chi connectivity index (χ0) is 19.6. The molecule has 0 radical (unpaired) electrons. The number of nitrogens with one attached hydrogen (secondary N) is 1. The van der Waals surface area contributed by atoms with Crippen LogP contribution in [0.25, 0.3) is 0 Å². The maximum Gasteiger partial charge on any atom is 0.243 e. The van der Waals surface area contributed by atoms with Crippen molar-refractivity contribution in [3.63, 3.8) is 0 Å². The normalized spacial score (nSPS) is 11.5. The molecule has 1 unspecified atom stereocenters. The maximum atomic E-state index is 12.8. The zero-order valence-corrected chi connectivity index (χ0v) is 16.3. The van der Waals surface area contributed by atoms with Gasteiger partial charge in [0.25, 0.3) is 0 Å². The molecule has 2 aromatic rings. The minimum absolute atomic E-state index is 0.121. The van der Waals surface area contributed by atoms with E-state index in [0.717, 1.165) is 23.3 Å². The lowest BCUT2D eigenvalue weighted by Crippen LogP contribution is -2.50. The van der Waals surface area contributed by atoms with Gasteiger partial charge in [-0.05, 0) is 29.7 Å². The van der Waals surface area contributed by atoms with Crippen LogP contribution in [0.3, 0.4) is 0 Å². The predicted octanol–water partition coefficient (Wildman–Crippen LogP) is 3.18. The number of ether oxygens (including phenoxy) is 1. The molecule has 0 saturated carbocycles. The van der Waals surface area contributed by atoms with E-state index in [4.69, 9.17) is 4.74 Å². The molecule has 2 rings (SSSR count). The Labute approximate surface area is 161 Å². The van der Waals surface area contributed by atoms with E-state index >= 15 is 0 Å². The lowest BCUT2D eigenvalue weighted by Gasteiger charge is -2.30. The lowest BCUT2D eigenvalue weighted by molar-refractivity contribution is -0.139. The van der Waals surface area contributed by atoms with Gasteiger partial charge >= 0.3 is 0 Å². The van der Waals surface area contributed by atoms with Gasteiger partial charge in [0.1, 0.15) is 11.8 Å². The predicted molar refractivity (Wildman–Crippen MR) is 106 cm³/mol. The molecule has 0 aromatic heterocycles. The molecule has 0 aliphatic rings. The van der Waals surface area contributed by atoms with Crippen molar-refractivity contribution in [1.29, 1.82) is 0 Å². The third-order valence-corrected chi connectivity index (χ3v) is 4.42. The highest BCUT2D eigenvalue weighted by molar-refractivity contribution is 5.87. The number of carbonyl (C=O) groups is 2. The standard InChI is InChI=1S/C22H28N2O3/c1-4-14-23-22(26)21(15-18-8-6-5-7-9-18)24(17(2)25)16-19-10-12-20(27-3)13-11-19/h5-13,21H,4,14-16H2,1-3H3,(H,23,26). The summed E-state index contributed by atoms with van der Waals surface area (Å²) in [5.74, 6) is 0.512. The molecule has 0 aliphatic carbocycles. The Kier molecular flexibility index (Phi) is 7.86. The van der Waals surface area contributed by atoms with Crippen molar-refractivity contribution in [3.05, 3.63) is 65.7 Å². The zero-order valence-electron chi connectivity index (χ0n) is 16.3. The molecule has 27 heavy (non-hydrogen) atoms. The van der Waals surface area contributed by atoms with Crippen LogP contribution in [-0.2, 0) is 22.6 Å². The van der Waals surface area contributed by atoms with E-state index in [1.807, 2.05) is 61.5 Å². The van der Waals surface area contributed by atoms with Crippen LogP contribution in [0.2, 0.25) is 0 Å². The van der Waals surface area contributed by atoms with Gasteiger partial charge in [-0.15, -0.1) is 0 Å². The summed E-state index contributed by atoms with van der Waals surface area (Å²) in [7, 11) is 1.62. The molecule has 1 atom stereocenters. The smallest absolute Gasteiger partial charge is 0.243 e. The first-order valence-electron chi connectivity index (χ1n) is 9.27. The fraction of sp³-hybridized carbons (Fsp3) is 0.364. The second-order valence-corrected chi connectivity index (χ2v) is 6.49. The highest BCUT2D eigenvalue weighted by Gasteiger charge is 2.28. The molecule has 5 nitrogen and oxygen atoms in total. The highest BCUT2D eigenvalue weighted by Crippen LogP contribution is 2.17. The van der Waals surface area contributed by atoms with Crippen LogP contribution in [0.5, 0.6) is 5.75 Å². The Balaban J connectivity index is 2.25. The summed E-state index contributed by atoms with van der Waals surface area (Å²) >= 11 is 0. The van der Waals surface area contributed by atoms with E-state index in [1.54, 1.807) is 12.0 Å². The average molecular weight is 368 g/mol. The van der Waals surface area contributed by atoms with E-state index in [1.165, 1.54) is 6.92 Å². The molecule has 0 saturated heterocycles. The van der Waals surface area contributed by atoms with Crippen LogP contribution in [0.15, 0.2) is 54.6 Å². The third kappa shape index (κ3) is 6.13. The Bertz CT molecular complexity index is 729. The SMILES string of the molecule is CCCNC(=O)C(Cc1ccccc1)N(Cc1ccc(OC)cc1)C(C)=O. The molecule has 0 fully saturated rings. The quantitative estimate of drug-likeness (QED) is 0.740. The average Bonchev–Trinajstić information content (AvgIpc) is 2.69. The van der Waals surface area contributed by atoms with Crippen LogP contribution >= 0.6 is 0 Å². The fourth-order valence-corrected chi connectivity index (χ4v) is 2.92. The van der Waals surface area contributed by atoms with Crippen LogP contribution in [0.1, 0.15) is 31.4 Å². The Morgan fingerprint density at radius 2 is 1.70 bits per heavy atom. The highest BCUT2D eigenvalue weighted by atomic mass is 16.5. The van der Waals surface area contributed by atoms with Gasteiger partial charge in [-0.2, -0.15) is 0 Å². The number of carbonyl (C=O) groups excluding carboxylic acids is 2. The summed E-state index contributed by atoms with van der Waals surface area (Å²) in [5, 5.41) is 2.94. The molecular formula is C22H28N2O3. The molecule has 0 spiro atoms. The maximum absolute atomic E-state index is 12.8. The van der Waals surface area contributed by atoms with Crippen molar-refractivity contribution in [2.45, 2.75) is 39.3 Å². The molecule has 1 N–H and O–H groups in total. The fourth-order valence-electron chi connectivity index (χ4n) is 2.92. The monoisotopic (exact) mass is 368 g/mol. The van der Waals surface area contributed by atoms with Gasteiger partial charge in [0.05, 0.1) is 7.11 Å². The lowest BCUT2D eigenvalue weighted by atomic mass is 10.0. The second-order valence-electron chi connectivity index (χ2n) is 6.49. The summed E-state index contributed by atoms with van der Waals surface area (Å²) < 4.78 is 5.19. The van der Waals surface area contributed by atoms with Gasteiger partial charge in [-0.1, -0.05) is 49.4 Å². The van der Waals surface area contributed by atoms with Crippen LogP contribution < -0.4 is 10.1 Å². The van der Waals surface area contributed by atoms with Crippen molar-refractivity contribution < 1.29 is 14.3 Å². The van der Waals surface area contributed by atoms with Crippen LogP contribution in [-0.4, -0.2) is 36.4 Å². The number of hydrogen-bond acceptors (Lipinski definition) is 3. The van der Waals surface area contributed by atoms with Gasteiger partial charge < -0.3 is 15.0 Å². The first-order chi connectivity index (χ1) is 13.0. The van der Waals surface area contributed by atoms with Crippen LogP contribution in [0, 0.1) is 0 Å². The molecular weight excluding hydrogens is 340 g/mol. The number of amides is 2. The first-order valence-corrected chi connectivity index (χ1v) is 9.27. The van der Waals surface area contributed by atoms with Crippen LogP contribution in [0.4, 0.5) is 0 Å². The summed E-state index contributed by atoms with van der Waals surface area (Å²) in [6, 6.07) is 16.8. The second kappa shape index (κ2) is 10.4. The molecule has 0 aliphatic heterocycles. The van der Waals surface area contributed by atoms with Gasteiger partial charge in [-0.3, -0.25) is 9.59 Å². The van der Waals surface area contributed by atoms with E-state index in [0.29, 0.717) is 19.5 Å². The number of nitrogens with zero attached hydrogens (tertiary/aromatic N) is 1. The van der Waals surface area contributed by atoms with E-state index in [-0.39, 0.29) is 11.8 Å². The molecule has 0 heterocycles. The Morgan fingerprint density at radius 3 is 2.26 bits per heavy atom.